The molecule has 0 saturated heterocycles. The summed E-state index contributed by atoms with van der Waals surface area (Å²) in [5.41, 5.74) is 0. The Balaban J connectivity index is 4.47. The number of unbranched alkanes of at least 4 members (excludes halogenated alkanes) is 11. The van der Waals surface area contributed by atoms with Crippen LogP contribution in [0.15, 0.2) is 60.8 Å². The molecule has 0 aromatic carbocycles. The molecule has 1 unspecified atom stereocenters. The number of nitrogens with zero attached hydrogens (tertiary/aromatic N) is 1. The SMILES string of the molecule is CCCCC/C=C/C(F)(F)/C=C\COC(=O)CC/C=C/C/C=C/C(CCCCCCCC(=O)OC/C=C\C(F)(F)CCCCCCC)OC(=O)CCCN(C)C. The fourth-order valence-corrected chi connectivity index (χ4v) is 5.54. The summed E-state index contributed by atoms with van der Waals surface area (Å²) in [5.74, 6) is -7.06. The van der Waals surface area contributed by atoms with Gasteiger partial charge < -0.3 is 19.1 Å². The summed E-state index contributed by atoms with van der Waals surface area (Å²) in [6, 6.07) is 0. The van der Waals surface area contributed by atoms with Crippen LogP contribution in [-0.2, 0) is 28.6 Å². The van der Waals surface area contributed by atoms with Crippen LogP contribution in [0.5, 0.6) is 0 Å². The largest absolute Gasteiger partial charge is 0.461 e. The van der Waals surface area contributed by atoms with Gasteiger partial charge in [0.2, 0.25) is 0 Å². The van der Waals surface area contributed by atoms with E-state index in [1.54, 1.807) is 0 Å². The van der Waals surface area contributed by atoms with E-state index < -0.39 is 23.8 Å². The molecule has 11 heteroatoms. The van der Waals surface area contributed by atoms with Crippen LogP contribution in [0, 0.1) is 0 Å². The lowest BCUT2D eigenvalue weighted by Gasteiger charge is -2.15. The average molecular weight is 800 g/mol. The highest BCUT2D eigenvalue weighted by atomic mass is 19.3. The molecule has 322 valence electrons. The fraction of sp³-hybridized carbons (Fsp3) is 0.711. The van der Waals surface area contributed by atoms with E-state index in [1.165, 1.54) is 12.2 Å². The molecule has 0 aliphatic carbocycles. The quantitative estimate of drug-likeness (QED) is 0.0205. The van der Waals surface area contributed by atoms with Gasteiger partial charge in [-0.3, -0.25) is 14.4 Å². The number of esters is 3. The Bertz CT molecular complexity index is 1170. The zero-order valence-corrected chi connectivity index (χ0v) is 34.9. The van der Waals surface area contributed by atoms with Crippen molar-refractivity contribution in [2.45, 2.75) is 173 Å². The number of rotatable bonds is 36. The predicted octanol–water partition coefficient (Wildman–Crippen LogP) is 12.2. The van der Waals surface area contributed by atoms with Crippen LogP contribution in [0.4, 0.5) is 17.6 Å². The van der Waals surface area contributed by atoms with Gasteiger partial charge in [0, 0.05) is 25.7 Å². The van der Waals surface area contributed by atoms with Gasteiger partial charge in [0.25, 0.3) is 11.8 Å². The zero-order valence-electron chi connectivity index (χ0n) is 34.9. The van der Waals surface area contributed by atoms with Crippen molar-refractivity contribution in [3.05, 3.63) is 60.8 Å². The summed E-state index contributed by atoms with van der Waals surface area (Å²) < 4.78 is 71.5. The molecule has 0 aliphatic rings. The molecule has 0 spiro atoms. The molecule has 0 amide bonds. The zero-order chi connectivity index (χ0) is 41.8. The van der Waals surface area contributed by atoms with Gasteiger partial charge in [0.05, 0.1) is 0 Å². The molecule has 7 nitrogen and oxygen atoms in total. The third kappa shape index (κ3) is 36.4. The lowest BCUT2D eigenvalue weighted by atomic mass is 10.1. The molecule has 0 bridgehead atoms. The standard InChI is InChI=1S/C45H73F4NO6/c1-5-7-9-17-23-33-44(46,47)35-26-38-54-41(51)30-21-15-11-13-19-28-40(56-43(53)32-25-37-50(3)4)29-20-14-12-16-22-31-42(52)55-39-27-36-45(48,49)34-24-18-10-8-6-2/h11,15,19,23,26-28,33,35-36,40H,5-10,12-14,16-18,20-22,24-25,29-32,34,37-39H2,1-4H3/b15-11+,28-19+,33-23+,35-26-,36-27-. The number of hydrogen-bond acceptors (Lipinski definition) is 7. The van der Waals surface area contributed by atoms with Gasteiger partial charge in [0.15, 0.2) is 0 Å². The van der Waals surface area contributed by atoms with Crippen LogP contribution in [-0.4, -0.2) is 74.6 Å². The number of hydrogen-bond donors (Lipinski definition) is 0. The number of halogens is 4. The van der Waals surface area contributed by atoms with Crippen molar-refractivity contribution in [2.75, 3.05) is 33.9 Å². The summed E-state index contributed by atoms with van der Waals surface area (Å²) in [5, 5.41) is 0. The van der Waals surface area contributed by atoms with Crippen LogP contribution in [0.25, 0.3) is 0 Å². The summed E-state index contributed by atoms with van der Waals surface area (Å²) in [7, 11) is 3.90. The Kier molecular flexibility index (Phi) is 33.0. The molecule has 0 aromatic rings. The van der Waals surface area contributed by atoms with Crippen LogP contribution >= 0.6 is 0 Å². The molecular formula is C45H73F4NO6. The highest BCUT2D eigenvalue weighted by Gasteiger charge is 2.24. The number of allylic oxidation sites excluding steroid dienone is 7. The topological polar surface area (TPSA) is 82.1 Å². The van der Waals surface area contributed by atoms with Gasteiger partial charge in [-0.05, 0) is 115 Å². The maximum absolute atomic E-state index is 13.9. The first-order valence-electron chi connectivity index (χ1n) is 21.1. The van der Waals surface area contributed by atoms with E-state index in [1.807, 2.05) is 43.3 Å². The van der Waals surface area contributed by atoms with Gasteiger partial charge in [-0.1, -0.05) is 95.9 Å². The van der Waals surface area contributed by atoms with E-state index in [-0.39, 0.29) is 44.5 Å². The first kappa shape index (κ1) is 52.8. The van der Waals surface area contributed by atoms with E-state index in [0.29, 0.717) is 51.4 Å². The minimum atomic E-state index is -3.07. The fourth-order valence-electron chi connectivity index (χ4n) is 5.54. The Hall–Kier alpha value is -3.21. The summed E-state index contributed by atoms with van der Waals surface area (Å²) in [4.78, 5) is 38.5. The van der Waals surface area contributed by atoms with E-state index in [9.17, 15) is 31.9 Å². The minimum absolute atomic E-state index is 0.133. The van der Waals surface area contributed by atoms with Gasteiger partial charge in [-0.15, -0.1) is 0 Å². The highest BCUT2D eigenvalue weighted by Crippen LogP contribution is 2.24. The van der Waals surface area contributed by atoms with Gasteiger partial charge >= 0.3 is 17.9 Å². The van der Waals surface area contributed by atoms with Crippen molar-refractivity contribution in [2.24, 2.45) is 0 Å². The molecule has 0 radical (unpaired) electrons. The molecule has 0 aliphatic heterocycles. The van der Waals surface area contributed by atoms with Crippen LogP contribution in [0.2, 0.25) is 0 Å². The molecule has 0 fully saturated rings. The minimum Gasteiger partial charge on any atom is -0.461 e. The molecule has 56 heavy (non-hydrogen) atoms. The number of carbonyl (C=O) groups excluding carboxylic acids is 3. The van der Waals surface area contributed by atoms with Gasteiger partial charge in [-0.2, -0.15) is 8.78 Å². The van der Waals surface area contributed by atoms with Gasteiger partial charge in [0.1, 0.15) is 19.3 Å². The van der Waals surface area contributed by atoms with E-state index in [0.717, 1.165) is 101 Å². The molecule has 1 atom stereocenters. The van der Waals surface area contributed by atoms with Crippen molar-refractivity contribution in [1.29, 1.82) is 0 Å². The van der Waals surface area contributed by atoms with Gasteiger partial charge in [-0.25, -0.2) is 8.78 Å². The van der Waals surface area contributed by atoms with Crippen LogP contribution in [0.3, 0.4) is 0 Å². The second-order valence-corrected chi connectivity index (χ2v) is 14.6. The monoisotopic (exact) mass is 800 g/mol. The number of ether oxygens (including phenoxy) is 3. The second kappa shape index (κ2) is 35.0. The predicted molar refractivity (Wildman–Crippen MR) is 219 cm³/mol. The molecule has 0 rings (SSSR count). The van der Waals surface area contributed by atoms with Crippen LogP contribution < -0.4 is 0 Å². The van der Waals surface area contributed by atoms with E-state index in [4.69, 9.17) is 14.2 Å². The first-order valence-corrected chi connectivity index (χ1v) is 21.1. The lowest BCUT2D eigenvalue weighted by molar-refractivity contribution is -0.147. The normalized spacial score (nSPS) is 13.3. The summed E-state index contributed by atoms with van der Waals surface area (Å²) in [6.45, 7) is 4.57. The van der Waals surface area contributed by atoms with Crippen molar-refractivity contribution in [1.82, 2.24) is 4.90 Å². The summed E-state index contributed by atoms with van der Waals surface area (Å²) >= 11 is 0. The molecular weight excluding hydrogens is 726 g/mol. The Labute approximate surface area is 336 Å². The van der Waals surface area contributed by atoms with E-state index in [2.05, 4.69) is 13.8 Å². The average Bonchev–Trinajstić information content (AvgIpc) is 3.13. The third-order valence-corrected chi connectivity index (χ3v) is 8.75. The first-order chi connectivity index (χ1) is 26.8. The Morgan fingerprint density at radius 1 is 0.589 bits per heavy atom. The van der Waals surface area contributed by atoms with Crippen LogP contribution in [0.1, 0.15) is 155 Å². The molecule has 0 heterocycles. The Morgan fingerprint density at radius 3 is 1.89 bits per heavy atom. The number of carbonyl (C=O) groups is 3. The van der Waals surface area contributed by atoms with E-state index >= 15 is 0 Å². The second-order valence-electron chi connectivity index (χ2n) is 14.6. The van der Waals surface area contributed by atoms with Crippen molar-refractivity contribution in [3.63, 3.8) is 0 Å². The Morgan fingerprint density at radius 2 is 1.18 bits per heavy atom. The van der Waals surface area contributed by atoms with Crippen molar-refractivity contribution >= 4 is 17.9 Å². The molecule has 0 saturated carbocycles. The maximum atomic E-state index is 13.9. The number of alkyl halides is 4. The van der Waals surface area contributed by atoms with Crippen molar-refractivity contribution in [3.8, 4) is 0 Å². The smallest absolute Gasteiger partial charge is 0.306 e. The third-order valence-electron chi connectivity index (χ3n) is 8.75. The summed E-state index contributed by atoms with van der Waals surface area (Å²) in [6.07, 6.45) is 28.5. The lowest BCUT2D eigenvalue weighted by Crippen LogP contribution is -2.18. The molecule has 0 aromatic heterocycles. The molecule has 0 N–H and O–H groups in total. The van der Waals surface area contributed by atoms with Crippen molar-refractivity contribution < 1.29 is 46.2 Å². The maximum Gasteiger partial charge on any atom is 0.306 e. The highest BCUT2D eigenvalue weighted by molar-refractivity contribution is 5.70.